The van der Waals surface area contributed by atoms with Crippen molar-refractivity contribution in [3.8, 4) is 0 Å². The zero-order chi connectivity index (χ0) is 22.5. The van der Waals surface area contributed by atoms with Gasteiger partial charge < -0.3 is 14.5 Å². The molecule has 7 nitrogen and oxygen atoms in total. The van der Waals surface area contributed by atoms with Gasteiger partial charge in [0.1, 0.15) is 12.4 Å². The van der Waals surface area contributed by atoms with Gasteiger partial charge in [0.2, 0.25) is 5.91 Å². The second kappa shape index (κ2) is 9.96. The van der Waals surface area contributed by atoms with Crippen LogP contribution in [0.15, 0.2) is 24.4 Å². The van der Waals surface area contributed by atoms with E-state index < -0.39 is 11.7 Å². The second-order valence-electron chi connectivity index (χ2n) is 8.12. The van der Waals surface area contributed by atoms with Crippen molar-refractivity contribution in [2.24, 2.45) is 0 Å². The van der Waals surface area contributed by atoms with Crippen LogP contribution in [0.25, 0.3) is 0 Å². The van der Waals surface area contributed by atoms with Gasteiger partial charge >= 0.3 is 0 Å². The first-order valence-electron chi connectivity index (χ1n) is 10.5. The molecule has 8 heteroatoms. The number of hydrogen-bond acceptors (Lipinski definition) is 5. The molecule has 0 N–H and O–H groups in total. The number of carbonyl (C=O) groups is 2. The Labute approximate surface area is 182 Å². The third-order valence-electron chi connectivity index (χ3n) is 5.51. The highest BCUT2D eigenvalue weighted by Crippen LogP contribution is 2.19. The molecule has 1 aromatic heterocycles. The number of benzene rings is 1. The van der Waals surface area contributed by atoms with Crippen LogP contribution in [0.3, 0.4) is 0 Å². The summed E-state index contributed by atoms with van der Waals surface area (Å²) in [6.07, 6.45) is 2.25. The lowest BCUT2D eigenvalue weighted by Gasteiger charge is -2.34. The third-order valence-corrected chi connectivity index (χ3v) is 5.51. The number of rotatable bonds is 7. The van der Waals surface area contributed by atoms with Crippen molar-refractivity contribution < 1.29 is 18.7 Å². The summed E-state index contributed by atoms with van der Waals surface area (Å²) in [5, 5.41) is 8.16. The first kappa shape index (κ1) is 22.8. The van der Waals surface area contributed by atoms with Crippen molar-refractivity contribution in [3.63, 3.8) is 0 Å². The van der Waals surface area contributed by atoms with Crippen molar-refractivity contribution in [2.75, 3.05) is 32.8 Å². The predicted octanol–water partition coefficient (Wildman–Crippen LogP) is 2.53. The van der Waals surface area contributed by atoms with E-state index in [-0.39, 0.29) is 24.1 Å². The van der Waals surface area contributed by atoms with Crippen LogP contribution in [0.4, 0.5) is 4.39 Å². The molecule has 2 aromatic rings. The Kier molecular flexibility index (Phi) is 7.33. The van der Waals surface area contributed by atoms with Crippen LogP contribution in [-0.2, 0) is 16.0 Å². The summed E-state index contributed by atoms with van der Waals surface area (Å²) in [5.74, 6) is -1.23. The molecule has 2 heterocycles. The first-order valence-corrected chi connectivity index (χ1v) is 10.5. The molecule has 0 bridgehead atoms. The number of ether oxygens (including phenoxy) is 1. The number of nitrogens with zero attached hydrogens (tertiary/aromatic N) is 4. The van der Waals surface area contributed by atoms with Crippen LogP contribution in [0, 0.1) is 19.7 Å². The van der Waals surface area contributed by atoms with Crippen molar-refractivity contribution in [1.29, 1.82) is 0 Å². The van der Waals surface area contributed by atoms with Crippen molar-refractivity contribution in [2.45, 2.75) is 40.2 Å². The van der Waals surface area contributed by atoms with E-state index in [0.29, 0.717) is 32.7 Å². The van der Waals surface area contributed by atoms with E-state index >= 15 is 0 Å². The molecule has 1 fully saturated rings. The monoisotopic (exact) mass is 428 g/mol. The van der Waals surface area contributed by atoms with Gasteiger partial charge in [0, 0.05) is 26.1 Å². The van der Waals surface area contributed by atoms with Crippen LogP contribution < -0.4 is 0 Å². The number of hydrogen-bond donors (Lipinski definition) is 0. The Bertz CT molecular complexity index is 964. The lowest BCUT2D eigenvalue weighted by molar-refractivity contribution is -0.136. The minimum Gasteiger partial charge on any atom is -0.377 e. The van der Waals surface area contributed by atoms with Gasteiger partial charge in [-0.25, -0.2) is 4.39 Å². The number of aromatic nitrogens is 2. The van der Waals surface area contributed by atoms with E-state index in [4.69, 9.17) is 4.74 Å². The molecule has 166 valence electrons. The van der Waals surface area contributed by atoms with Crippen LogP contribution in [-0.4, -0.2) is 70.7 Å². The van der Waals surface area contributed by atoms with E-state index in [9.17, 15) is 14.0 Å². The molecular weight excluding hydrogens is 399 g/mol. The lowest BCUT2D eigenvalue weighted by Crippen LogP contribution is -2.53. The Balaban J connectivity index is 1.68. The van der Waals surface area contributed by atoms with E-state index in [0.717, 1.165) is 22.4 Å². The number of amides is 2. The lowest BCUT2D eigenvalue weighted by atomic mass is 10.0. The second-order valence-corrected chi connectivity index (χ2v) is 8.12. The minimum absolute atomic E-state index is 0.0276. The Morgan fingerprint density at radius 3 is 2.74 bits per heavy atom. The molecule has 1 aromatic carbocycles. The van der Waals surface area contributed by atoms with E-state index in [1.54, 1.807) is 23.2 Å². The fourth-order valence-corrected chi connectivity index (χ4v) is 3.48. The van der Waals surface area contributed by atoms with Crippen molar-refractivity contribution in [3.05, 3.63) is 58.2 Å². The molecule has 3 rings (SSSR count). The number of halogens is 1. The maximum Gasteiger partial charge on any atom is 0.257 e. The fraction of sp³-hybridized carbons (Fsp3) is 0.478. The summed E-state index contributed by atoms with van der Waals surface area (Å²) in [4.78, 5) is 28.5. The van der Waals surface area contributed by atoms with Crippen LogP contribution >= 0.6 is 0 Å². The van der Waals surface area contributed by atoms with Crippen LogP contribution in [0.5, 0.6) is 0 Å². The van der Waals surface area contributed by atoms with Crippen molar-refractivity contribution in [1.82, 2.24) is 20.0 Å². The molecule has 1 aliphatic rings. The standard InChI is InChI=1S/C23H29FN4O3/c1-15(2)31-10-9-27-7-8-28(14-22(27)29)23(30)19-11-18(5-6-20(19)24)12-21-17(4)16(3)13-25-26-21/h5-6,11,13,15H,7-10,12,14H2,1-4H3. The van der Waals surface area contributed by atoms with Gasteiger partial charge in [-0.3, -0.25) is 9.59 Å². The van der Waals surface area contributed by atoms with Gasteiger partial charge in [-0.05, 0) is 56.5 Å². The average Bonchev–Trinajstić information content (AvgIpc) is 2.73. The molecule has 0 aliphatic carbocycles. The smallest absolute Gasteiger partial charge is 0.257 e. The molecule has 0 saturated carbocycles. The van der Waals surface area contributed by atoms with Crippen LogP contribution in [0.2, 0.25) is 0 Å². The highest BCUT2D eigenvalue weighted by atomic mass is 19.1. The highest BCUT2D eigenvalue weighted by Gasteiger charge is 2.29. The summed E-state index contributed by atoms with van der Waals surface area (Å²) >= 11 is 0. The maximum atomic E-state index is 14.5. The number of aryl methyl sites for hydroxylation is 1. The average molecular weight is 429 g/mol. The van der Waals surface area contributed by atoms with E-state index in [1.165, 1.54) is 11.0 Å². The van der Waals surface area contributed by atoms with Gasteiger partial charge in [-0.2, -0.15) is 10.2 Å². The Morgan fingerprint density at radius 2 is 2.03 bits per heavy atom. The summed E-state index contributed by atoms with van der Waals surface area (Å²) in [7, 11) is 0. The maximum absolute atomic E-state index is 14.5. The molecule has 0 unspecified atom stereocenters. The fourth-order valence-electron chi connectivity index (χ4n) is 3.48. The van der Waals surface area contributed by atoms with Crippen molar-refractivity contribution >= 4 is 11.8 Å². The molecular formula is C23H29FN4O3. The minimum atomic E-state index is -0.596. The summed E-state index contributed by atoms with van der Waals surface area (Å²) < 4.78 is 20.0. The first-order chi connectivity index (χ1) is 14.8. The quantitative estimate of drug-likeness (QED) is 0.678. The Hall–Kier alpha value is -2.87. The molecule has 2 amide bonds. The number of piperazine rings is 1. The zero-order valence-electron chi connectivity index (χ0n) is 18.5. The number of carbonyl (C=O) groups excluding carboxylic acids is 2. The zero-order valence-corrected chi connectivity index (χ0v) is 18.5. The van der Waals surface area contributed by atoms with Crippen LogP contribution in [0.1, 0.15) is 46.6 Å². The van der Waals surface area contributed by atoms with E-state index in [2.05, 4.69) is 10.2 Å². The highest BCUT2D eigenvalue weighted by molar-refractivity contribution is 5.97. The van der Waals surface area contributed by atoms with Gasteiger partial charge in [0.05, 0.1) is 30.2 Å². The topological polar surface area (TPSA) is 75.6 Å². The summed E-state index contributed by atoms with van der Waals surface area (Å²) in [5.41, 5.74) is 3.58. The molecule has 1 aliphatic heterocycles. The molecule has 0 radical (unpaired) electrons. The van der Waals surface area contributed by atoms with Gasteiger partial charge in [-0.15, -0.1) is 0 Å². The van der Waals surface area contributed by atoms with Gasteiger partial charge in [0.15, 0.2) is 0 Å². The molecule has 0 spiro atoms. The normalized spacial score (nSPS) is 14.5. The molecule has 1 saturated heterocycles. The third kappa shape index (κ3) is 5.64. The molecule has 0 atom stereocenters. The SMILES string of the molecule is Cc1cnnc(Cc2ccc(F)c(C(=O)N3CCN(CCOC(C)C)C(=O)C3)c2)c1C. The molecule has 31 heavy (non-hydrogen) atoms. The van der Waals surface area contributed by atoms with Gasteiger partial charge in [-0.1, -0.05) is 6.07 Å². The largest absolute Gasteiger partial charge is 0.377 e. The van der Waals surface area contributed by atoms with E-state index in [1.807, 2.05) is 27.7 Å². The summed E-state index contributed by atoms with van der Waals surface area (Å²) in [6.45, 7) is 9.44. The summed E-state index contributed by atoms with van der Waals surface area (Å²) in [6, 6.07) is 4.49. The predicted molar refractivity (Wildman–Crippen MR) is 114 cm³/mol. The van der Waals surface area contributed by atoms with Gasteiger partial charge in [0.25, 0.3) is 5.91 Å². The Morgan fingerprint density at radius 1 is 1.26 bits per heavy atom.